The van der Waals surface area contributed by atoms with Crippen LogP contribution in [0.1, 0.15) is 30.1 Å². The second-order valence-corrected chi connectivity index (χ2v) is 4.37. The summed E-state index contributed by atoms with van der Waals surface area (Å²) in [5.74, 6) is 1.19. The van der Waals surface area contributed by atoms with Crippen LogP contribution < -0.4 is 15.8 Å². The summed E-state index contributed by atoms with van der Waals surface area (Å²) in [6, 6.07) is 5.14. The van der Waals surface area contributed by atoms with E-state index in [1.165, 1.54) is 12.8 Å². The fourth-order valence-electron chi connectivity index (χ4n) is 1.56. The lowest BCUT2D eigenvalue weighted by molar-refractivity contribution is 0.0955. The Hall–Kier alpha value is -1.71. The molecule has 0 heterocycles. The zero-order valence-electron chi connectivity index (χ0n) is 10.0. The smallest absolute Gasteiger partial charge is 0.251 e. The zero-order valence-corrected chi connectivity index (χ0v) is 10.0. The Morgan fingerprint density at radius 2 is 2.29 bits per heavy atom. The van der Waals surface area contributed by atoms with Crippen molar-refractivity contribution in [2.24, 2.45) is 5.92 Å². The number of ether oxygens (including phenoxy) is 1. The molecule has 0 atom stereocenters. The first-order valence-corrected chi connectivity index (χ1v) is 6.01. The number of hydrogen-bond acceptors (Lipinski definition) is 3. The quantitative estimate of drug-likeness (QED) is 0.764. The van der Waals surface area contributed by atoms with E-state index in [1.807, 2.05) is 6.92 Å². The molecule has 0 radical (unpaired) electrons. The summed E-state index contributed by atoms with van der Waals surface area (Å²) in [6.45, 7) is 3.20. The summed E-state index contributed by atoms with van der Waals surface area (Å²) >= 11 is 0. The van der Waals surface area contributed by atoms with Crippen molar-refractivity contribution in [3.05, 3.63) is 23.8 Å². The molecule has 0 unspecified atom stereocenters. The predicted octanol–water partition coefficient (Wildman–Crippen LogP) is 1.81. The minimum absolute atomic E-state index is 0.0937. The van der Waals surface area contributed by atoms with E-state index < -0.39 is 0 Å². The highest BCUT2D eigenvalue weighted by atomic mass is 16.5. The molecular weight excluding hydrogens is 216 g/mol. The van der Waals surface area contributed by atoms with Crippen molar-refractivity contribution in [1.29, 1.82) is 0 Å². The molecule has 1 aliphatic rings. The predicted molar refractivity (Wildman–Crippen MR) is 67.1 cm³/mol. The molecule has 1 fully saturated rings. The van der Waals surface area contributed by atoms with E-state index in [0.717, 1.165) is 0 Å². The Morgan fingerprint density at radius 1 is 1.53 bits per heavy atom. The Bertz CT molecular complexity index is 414. The lowest BCUT2D eigenvalue weighted by Gasteiger charge is -2.10. The van der Waals surface area contributed by atoms with Gasteiger partial charge in [0.05, 0.1) is 12.3 Å². The molecule has 0 aliphatic heterocycles. The maximum absolute atomic E-state index is 11.7. The maximum atomic E-state index is 11.7. The van der Waals surface area contributed by atoms with Crippen molar-refractivity contribution in [3.8, 4) is 5.75 Å². The van der Waals surface area contributed by atoms with Crippen LogP contribution in [0.15, 0.2) is 18.2 Å². The molecule has 1 aromatic carbocycles. The van der Waals surface area contributed by atoms with Gasteiger partial charge in [-0.3, -0.25) is 4.79 Å². The Morgan fingerprint density at radius 3 is 2.94 bits per heavy atom. The van der Waals surface area contributed by atoms with Gasteiger partial charge in [-0.1, -0.05) is 0 Å². The minimum atomic E-state index is -0.0937. The van der Waals surface area contributed by atoms with Gasteiger partial charge in [-0.15, -0.1) is 0 Å². The van der Waals surface area contributed by atoms with Crippen LogP contribution in [0.4, 0.5) is 5.69 Å². The van der Waals surface area contributed by atoms with Gasteiger partial charge in [0.2, 0.25) is 0 Å². The van der Waals surface area contributed by atoms with Crippen molar-refractivity contribution >= 4 is 11.6 Å². The summed E-state index contributed by atoms with van der Waals surface area (Å²) in [6.07, 6.45) is 2.46. The van der Waals surface area contributed by atoms with E-state index >= 15 is 0 Å². The number of nitrogens with two attached hydrogens (primary N) is 1. The SMILES string of the molecule is CCNC(=O)c1ccc(N)c(OCC2CC2)c1. The molecule has 17 heavy (non-hydrogen) atoms. The van der Waals surface area contributed by atoms with Gasteiger partial charge in [0.15, 0.2) is 0 Å². The highest BCUT2D eigenvalue weighted by Crippen LogP contribution is 2.31. The molecule has 4 heteroatoms. The summed E-state index contributed by atoms with van der Waals surface area (Å²) in [7, 11) is 0. The standard InChI is InChI=1S/C13H18N2O2/c1-2-15-13(16)10-5-6-11(14)12(7-10)17-8-9-3-4-9/h5-7,9H,2-4,8,14H2,1H3,(H,15,16). The number of rotatable bonds is 5. The molecule has 0 bridgehead atoms. The second-order valence-electron chi connectivity index (χ2n) is 4.37. The van der Waals surface area contributed by atoms with Gasteiger partial charge in [0, 0.05) is 12.1 Å². The third-order valence-corrected chi connectivity index (χ3v) is 2.78. The van der Waals surface area contributed by atoms with Crippen molar-refractivity contribution in [2.75, 3.05) is 18.9 Å². The van der Waals surface area contributed by atoms with Gasteiger partial charge in [-0.2, -0.15) is 0 Å². The van der Waals surface area contributed by atoms with Crippen LogP contribution in [-0.2, 0) is 0 Å². The number of nitrogen functional groups attached to an aromatic ring is 1. The van der Waals surface area contributed by atoms with Gasteiger partial charge >= 0.3 is 0 Å². The van der Waals surface area contributed by atoms with Crippen LogP contribution in [0.3, 0.4) is 0 Å². The first kappa shape index (κ1) is 11.8. The van der Waals surface area contributed by atoms with Crippen LogP contribution in [0.25, 0.3) is 0 Å². The van der Waals surface area contributed by atoms with Gasteiger partial charge in [-0.05, 0) is 43.9 Å². The van der Waals surface area contributed by atoms with E-state index in [-0.39, 0.29) is 5.91 Å². The maximum Gasteiger partial charge on any atom is 0.251 e. The van der Waals surface area contributed by atoms with Gasteiger partial charge in [0.1, 0.15) is 5.75 Å². The number of hydrogen-bond donors (Lipinski definition) is 2. The Labute approximate surface area is 101 Å². The molecule has 0 aromatic heterocycles. The molecule has 1 amide bonds. The lowest BCUT2D eigenvalue weighted by atomic mass is 10.2. The lowest BCUT2D eigenvalue weighted by Crippen LogP contribution is -2.22. The van der Waals surface area contributed by atoms with E-state index in [9.17, 15) is 4.79 Å². The molecular formula is C13H18N2O2. The van der Waals surface area contributed by atoms with Crippen LogP contribution in [0.2, 0.25) is 0 Å². The van der Waals surface area contributed by atoms with E-state index in [0.29, 0.717) is 36.1 Å². The molecule has 0 spiro atoms. The van der Waals surface area contributed by atoms with E-state index in [4.69, 9.17) is 10.5 Å². The van der Waals surface area contributed by atoms with E-state index in [2.05, 4.69) is 5.32 Å². The fraction of sp³-hybridized carbons (Fsp3) is 0.462. The molecule has 1 aliphatic carbocycles. The Kier molecular flexibility index (Phi) is 3.52. The third kappa shape index (κ3) is 3.12. The minimum Gasteiger partial charge on any atom is -0.491 e. The molecule has 92 valence electrons. The molecule has 1 saturated carbocycles. The zero-order chi connectivity index (χ0) is 12.3. The van der Waals surface area contributed by atoms with Crippen LogP contribution in [-0.4, -0.2) is 19.1 Å². The molecule has 1 aromatic rings. The van der Waals surface area contributed by atoms with Gasteiger partial charge in [0.25, 0.3) is 5.91 Å². The topological polar surface area (TPSA) is 64.4 Å². The van der Waals surface area contributed by atoms with E-state index in [1.54, 1.807) is 18.2 Å². The van der Waals surface area contributed by atoms with Crippen LogP contribution in [0, 0.1) is 5.92 Å². The van der Waals surface area contributed by atoms with Crippen LogP contribution >= 0.6 is 0 Å². The molecule has 2 rings (SSSR count). The van der Waals surface area contributed by atoms with Crippen molar-refractivity contribution in [3.63, 3.8) is 0 Å². The average Bonchev–Trinajstić information content (AvgIpc) is 3.12. The summed E-state index contributed by atoms with van der Waals surface area (Å²) in [5.41, 5.74) is 6.99. The van der Waals surface area contributed by atoms with Crippen molar-refractivity contribution < 1.29 is 9.53 Å². The number of carbonyl (C=O) groups is 1. The molecule has 4 nitrogen and oxygen atoms in total. The van der Waals surface area contributed by atoms with Gasteiger partial charge < -0.3 is 15.8 Å². The monoisotopic (exact) mass is 234 g/mol. The number of benzene rings is 1. The third-order valence-electron chi connectivity index (χ3n) is 2.78. The highest BCUT2D eigenvalue weighted by Gasteiger charge is 2.22. The number of amides is 1. The normalized spacial score (nSPS) is 14.4. The first-order valence-electron chi connectivity index (χ1n) is 6.01. The second kappa shape index (κ2) is 5.08. The summed E-state index contributed by atoms with van der Waals surface area (Å²) < 4.78 is 5.62. The Balaban J connectivity index is 2.07. The van der Waals surface area contributed by atoms with Crippen molar-refractivity contribution in [1.82, 2.24) is 5.32 Å². The average molecular weight is 234 g/mol. The summed E-state index contributed by atoms with van der Waals surface area (Å²) in [5, 5.41) is 2.75. The van der Waals surface area contributed by atoms with Crippen molar-refractivity contribution in [2.45, 2.75) is 19.8 Å². The van der Waals surface area contributed by atoms with Gasteiger partial charge in [-0.25, -0.2) is 0 Å². The highest BCUT2D eigenvalue weighted by molar-refractivity contribution is 5.95. The fourth-order valence-corrected chi connectivity index (χ4v) is 1.56. The number of carbonyl (C=O) groups excluding carboxylic acids is 1. The first-order chi connectivity index (χ1) is 8.20. The number of nitrogens with one attached hydrogen (secondary N) is 1. The summed E-state index contributed by atoms with van der Waals surface area (Å²) in [4.78, 5) is 11.7. The largest absolute Gasteiger partial charge is 0.491 e. The number of anilines is 1. The molecule has 3 N–H and O–H groups in total. The van der Waals surface area contributed by atoms with Crippen LogP contribution in [0.5, 0.6) is 5.75 Å². The molecule has 0 saturated heterocycles.